The summed E-state index contributed by atoms with van der Waals surface area (Å²) in [5.74, 6) is 2.96. The SMILES string of the molecule is CCCC#CN1N=C(CCc2ccc(Cl)cc2)CCC1=O. The van der Waals surface area contributed by atoms with Gasteiger partial charge in [0, 0.05) is 29.6 Å². The molecule has 1 aliphatic heterocycles. The van der Waals surface area contributed by atoms with Crippen LogP contribution in [0.2, 0.25) is 5.02 Å². The number of nitrogens with zero attached hydrogens (tertiary/aromatic N) is 2. The quantitative estimate of drug-likeness (QED) is 0.773. The topological polar surface area (TPSA) is 32.7 Å². The third-order valence-electron chi connectivity index (χ3n) is 3.28. The summed E-state index contributed by atoms with van der Waals surface area (Å²) in [4.78, 5) is 11.7. The smallest absolute Gasteiger partial charge is 0.255 e. The Labute approximate surface area is 131 Å². The molecule has 0 radical (unpaired) electrons. The van der Waals surface area contributed by atoms with Crippen LogP contribution in [0, 0.1) is 12.0 Å². The van der Waals surface area contributed by atoms with Gasteiger partial charge in [-0.1, -0.05) is 36.6 Å². The van der Waals surface area contributed by atoms with Gasteiger partial charge in [0.25, 0.3) is 5.91 Å². The lowest BCUT2D eigenvalue weighted by Gasteiger charge is -2.18. The summed E-state index contributed by atoms with van der Waals surface area (Å²) >= 11 is 5.87. The second kappa shape index (κ2) is 7.85. The van der Waals surface area contributed by atoms with Crippen LogP contribution < -0.4 is 0 Å². The molecule has 3 nitrogen and oxygen atoms in total. The molecule has 1 amide bonds. The van der Waals surface area contributed by atoms with Gasteiger partial charge in [-0.3, -0.25) is 4.79 Å². The summed E-state index contributed by atoms with van der Waals surface area (Å²) in [7, 11) is 0. The molecule has 0 atom stereocenters. The molecule has 1 heterocycles. The van der Waals surface area contributed by atoms with Crippen LogP contribution in [0.5, 0.6) is 0 Å². The monoisotopic (exact) mass is 302 g/mol. The van der Waals surface area contributed by atoms with Crippen molar-refractivity contribution >= 4 is 23.2 Å². The minimum atomic E-state index is -0.00570. The van der Waals surface area contributed by atoms with Gasteiger partial charge in [0.15, 0.2) is 0 Å². The van der Waals surface area contributed by atoms with E-state index < -0.39 is 0 Å². The third kappa shape index (κ3) is 4.91. The van der Waals surface area contributed by atoms with Crippen molar-refractivity contribution in [1.29, 1.82) is 0 Å². The fourth-order valence-corrected chi connectivity index (χ4v) is 2.19. The molecule has 0 fully saturated rings. The summed E-state index contributed by atoms with van der Waals surface area (Å²) in [6.07, 6.45) is 4.77. The largest absolute Gasteiger partial charge is 0.272 e. The summed E-state index contributed by atoms with van der Waals surface area (Å²) < 4.78 is 0. The number of carbonyl (C=O) groups excluding carboxylic acids is 1. The number of hydrogen-bond donors (Lipinski definition) is 0. The van der Waals surface area contributed by atoms with Crippen LogP contribution in [-0.2, 0) is 11.2 Å². The maximum absolute atomic E-state index is 11.7. The van der Waals surface area contributed by atoms with Crippen molar-refractivity contribution in [3.63, 3.8) is 0 Å². The Hall–Kier alpha value is -1.79. The number of amides is 1. The number of hydrogen-bond acceptors (Lipinski definition) is 2. The average Bonchev–Trinajstić information content (AvgIpc) is 2.49. The maximum atomic E-state index is 11.7. The molecule has 1 aliphatic rings. The first kappa shape index (κ1) is 15.6. The number of unbranched alkanes of at least 4 members (excludes halogenated alkanes) is 1. The van der Waals surface area contributed by atoms with Gasteiger partial charge < -0.3 is 0 Å². The maximum Gasteiger partial charge on any atom is 0.255 e. The lowest BCUT2D eigenvalue weighted by atomic mass is 10.0. The summed E-state index contributed by atoms with van der Waals surface area (Å²) in [6.45, 7) is 2.06. The lowest BCUT2D eigenvalue weighted by molar-refractivity contribution is -0.128. The molecule has 21 heavy (non-hydrogen) atoms. The first-order valence-corrected chi connectivity index (χ1v) is 7.69. The molecule has 0 unspecified atom stereocenters. The molecule has 1 aromatic rings. The van der Waals surface area contributed by atoms with Gasteiger partial charge in [-0.05, 0) is 43.4 Å². The van der Waals surface area contributed by atoms with Crippen molar-refractivity contribution in [2.75, 3.05) is 0 Å². The van der Waals surface area contributed by atoms with Gasteiger partial charge in [0.1, 0.15) is 0 Å². The molecule has 4 heteroatoms. The number of hydrazone groups is 1. The van der Waals surface area contributed by atoms with Gasteiger partial charge in [-0.25, -0.2) is 0 Å². The van der Waals surface area contributed by atoms with Crippen molar-refractivity contribution in [3.8, 4) is 12.0 Å². The van der Waals surface area contributed by atoms with E-state index in [0.717, 1.165) is 42.8 Å². The van der Waals surface area contributed by atoms with Crippen LogP contribution in [0.3, 0.4) is 0 Å². The number of rotatable bonds is 4. The van der Waals surface area contributed by atoms with Crippen LogP contribution in [-0.4, -0.2) is 16.6 Å². The van der Waals surface area contributed by atoms with Gasteiger partial charge in [0.05, 0.1) is 0 Å². The van der Waals surface area contributed by atoms with Crippen molar-refractivity contribution in [1.82, 2.24) is 5.01 Å². The van der Waals surface area contributed by atoms with Crippen LogP contribution in [0.1, 0.15) is 44.6 Å². The van der Waals surface area contributed by atoms with Gasteiger partial charge >= 0.3 is 0 Å². The Morgan fingerprint density at radius 1 is 1.24 bits per heavy atom. The number of halogens is 1. The van der Waals surface area contributed by atoms with Gasteiger partial charge in [0.2, 0.25) is 0 Å². The Morgan fingerprint density at radius 2 is 2.00 bits per heavy atom. The molecule has 1 aromatic carbocycles. The van der Waals surface area contributed by atoms with E-state index >= 15 is 0 Å². The highest BCUT2D eigenvalue weighted by Crippen LogP contribution is 2.15. The molecule has 0 aromatic heterocycles. The Kier molecular flexibility index (Phi) is 5.83. The Morgan fingerprint density at radius 3 is 2.71 bits per heavy atom. The zero-order valence-electron chi connectivity index (χ0n) is 12.2. The van der Waals surface area contributed by atoms with Gasteiger partial charge in [-0.15, -0.1) is 0 Å². The van der Waals surface area contributed by atoms with Gasteiger partial charge in [-0.2, -0.15) is 10.1 Å². The molecule has 2 rings (SSSR count). The van der Waals surface area contributed by atoms with E-state index in [9.17, 15) is 4.79 Å². The van der Waals surface area contributed by atoms with Crippen LogP contribution in [0.4, 0.5) is 0 Å². The first-order valence-electron chi connectivity index (χ1n) is 7.31. The highest BCUT2D eigenvalue weighted by atomic mass is 35.5. The predicted octanol–water partition coefficient (Wildman–Crippen LogP) is 4.01. The fourth-order valence-electron chi connectivity index (χ4n) is 2.06. The fraction of sp³-hybridized carbons (Fsp3) is 0.412. The minimum Gasteiger partial charge on any atom is -0.272 e. The molecule has 0 bridgehead atoms. The standard InChI is InChI=1S/C17H19ClN2O/c1-2-3-4-13-20-17(21)12-11-16(19-20)10-7-14-5-8-15(18)9-6-14/h5-6,8-9H,2-3,7,10-12H2,1H3. The third-order valence-corrected chi connectivity index (χ3v) is 3.53. The highest BCUT2D eigenvalue weighted by molar-refractivity contribution is 6.30. The zero-order chi connectivity index (χ0) is 15.1. The molecule has 110 valence electrons. The Balaban J connectivity index is 1.96. The normalized spacial score (nSPS) is 14.5. The molecular formula is C17H19ClN2O. The van der Waals surface area contributed by atoms with E-state index in [1.165, 1.54) is 10.6 Å². The van der Waals surface area contributed by atoms with Crippen molar-refractivity contribution < 1.29 is 4.79 Å². The first-order chi connectivity index (χ1) is 10.2. The van der Waals surface area contributed by atoms with E-state index in [1.54, 1.807) is 0 Å². The number of aryl methyl sites for hydroxylation is 1. The molecule has 0 N–H and O–H groups in total. The summed E-state index contributed by atoms with van der Waals surface area (Å²) in [6, 6.07) is 10.7. The average molecular weight is 303 g/mol. The van der Waals surface area contributed by atoms with Crippen molar-refractivity contribution in [3.05, 3.63) is 34.9 Å². The Bertz CT molecular complexity index is 581. The number of carbonyl (C=O) groups is 1. The second-order valence-corrected chi connectivity index (χ2v) is 5.47. The van der Waals surface area contributed by atoms with Crippen LogP contribution in [0.15, 0.2) is 29.4 Å². The van der Waals surface area contributed by atoms with Crippen LogP contribution in [0.25, 0.3) is 0 Å². The van der Waals surface area contributed by atoms with Crippen LogP contribution >= 0.6 is 11.6 Å². The molecule has 0 saturated heterocycles. The molecule has 0 spiro atoms. The highest BCUT2D eigenvalue weighted by Gasteiger charge is 2.18. The molecular weight excluding hydrogens is 284 g/mol. The molecule has 0 saturated carbocycles. The lowest BCUT2D eigenvalue weighted by Crippen LogP contribution is -2.28. The number of benzene rings is 1. The predicted molar refractivity (Wildman–Crippen MR) is 86.0 cm³/mol. The van der Waals surface area contributed by atoms with E-state index in [-0.39, 0.29) is 5.91 Å². The molecule has 0 aliphatic carbocycles. The minimum absolute atomic E-state index is 0.00570. The van der Waals surface area contributed by atoms with E-state index in [0.29, 0.717) is 6.42 Å². The summed E-state index contributed by atoms with van der Waals surface area (Å²) in [5.41, 5.74) is 2.26. The second-order valence-electron chi connectivity index (χ2n) is 5.04. The zero-order valence-corrected chi connectivity index (χ0v) is 13.0. The van der Waals surface area contributed by atoms with E-state index in [4.69, 9.17) is 11.6 Å². The van der Waals surface area contributed by atoms with E-state index in [1.807, 2.05) is 24.3 Å². The van der Waals surface area contributed by atoms with E-state index in [2.05, 4.69) is 24.0 Å². The van der Waals surface area contributed by atoms with Crippen molar-refractivity contribution in [2.24, 2.45) is 5.10 Å². The summed E-state index contributed by atoms with van der Waals surface area (Å²) in [5, 5.41) is 6.43. The van der Waals surface area contributed by atoms with Crippen molar-refractivity contribution in [2.45, 2.75) is 45.4 Å².